The van der Waals surface area contributed by atoms with Gasteiger partial charge in [0, 0.05) is 24.5 Å². The molecule has 6 nitrogen and oxygen atoms in total. The van der Waals surface area contributed by atoms with E-state index in [2.05, 4.69) is 4.98 Å². The van der Waals surface area contributed by atoms with Crippen molar-refractivity contribution < 1.29 is 4.92 Å². The van der Waals surface area contributed by atoms with E-state index in [-0.39, 0.29) is 11.5 Å². The van der Waals surface area contributed by atoms with Crippen LogP contribution in [0.4, 0.5) is 17.3 Å². The van der Waals surface area contributed by atoms with Gasteiger partial charge in [0.05, 0.1) is 4.92 Å². The Labute approximate surface area is 114 Å². The van der Waals surface area contributed by atoms with Crippen LogP contribution in [0.15, 0.2) is 29.6 Å². The van der Waals surface area contributed by atoms with Gasteiger partial charge in [0.2, 0.25) is 5.82 Å². The van der Waals surface area contributed by atoms with Crippen LogP contribution in [-0.2, 0) is 6.42 Å². The molecule has 0 aromatic carbocycles. The predicted octanol–water partition coefficient (Wildman–Crippen LogP) is 2.31. The van der Waals surface area contributed by atoms with Gasteiger partial charge in [-0.3, -0.25) is 10.1 Å². The minimum atomic E-state index is -0.441. The van der Waals surface area contributed by atoms with Crippen molar-refractivity contribution in [2.75, 3.05) is 24.2 Å². The van der Waals surface area contributed by atoms with E-state index >= 15 is 0 Å². The molecule has 7 heteroatoms. The molecule has 0 aliphatic carbocycles. The number of thiophene rings is 1. The summed E-state index contributed by atoms with van der Waals surface area (Å²) in [4.78, 5) is 17.6. The maximum absolute atomic E-state index is 11.0. The highest BCUT2D eigenvalue weighted by atomic mass is 32.1. The monoisotopic (exact) mass is 278 g/mol. The standard InChI is InChI=1S/C12H14N4O2S/c1-15(7-6-9-3-2-8-19-9)12-10(16(17)18)4-5-11(13)14-12/h2-5,8H,6-7H2,1H3,(H2,13,14). The molecule has 0 saturated carbocycles. The van der Waals surface area contributed by atoms with E-state index in [1.165, 1.54) is 17.0 Å². The van der Waals surface area contributed by atoms with Crippen molar-refractivity contribution in [1.82, 2.24) is 4.98 Å². The molecule has 2 heterocycles. The minimum Gasteiger partial charge on any atom is -0.384 e. The fourth-order valence-corrected chi connectivity index (χ4v) is 2.42. The van der Waals surface area contributed by atoms with Crippen molar-refractivity contribution in [1.29, 1.82) is 0 Å². The predicted molar refractivity (Wildman–Crippen MR) is 76.6 cm³/mol. The molecule has 0 fully saturated rings. The highest BCUT2D eigenvalue weighted by molar-refractivity contribution is 7.09. The lowest BCUT2D eigenvalue weighted by Crippen LogP contribution is -2.22. The zero-order valence-electron chi connectivity index (χ0n) is 10.4. The first-order chi connectivity index (χ1) is 9.08. The van der Waals surface area contributed by atoms with Gasteiger partial charge in [0.15, 0.2) is 0 Å². The second kappa shape index (κ2) is 5.66. The normalized spacial score (nSPS) is 10.4. The van der Waals surface area contributed by atoms with Gasteiger partial charge in [0.1, 0.15) is 5.82 Å². The average Bonchev–Trinajstić information content (AvgIpc) is 2.88. The number of likely N-dealkylation sites (N-methyl/N-ethyl adjacent to an activating group) is 1. The van der Waals surface area contributed by atoms with Gasteiger partial charge in [-0.2, -0.15) is 0 Å². The maximum atomic E-state index is 11.0. The number of pyridine rings is 1. The third-order valence-corrected chi connectivity index (χ3v) is 3.64. The topological polar surface area (TPSA) is 85.3 Å². The first-order valence-electron chi connectivity index (χ1n) is 5.72. The smallest absolute Gasteiger partial charge is 0.311 e. The first-order valence-corrected chi connectivity index (χ1v) is 6.60. The Hall–Kier alpha value is -2.15. The lowest BCUT2D eigenvalue weighted by Gasteiger charge is -2.17. The molecule has 2 aromatic rings. The summed E-state index contributed by atoms with van der Waals surface area (Å²) in [5.41, 5.74) is 5.57. The first kappa shape index (κ1) is 13.3. The van der Waals surface area contributed by atoms with E-state index in [4.69, 9.17) is 5.73 Å². The Bertz CT molecular complexity index is 571. The summed E-state index contributed by atoms with van der Waals surface area (Å²) in [6.07, 6.45) is 0.821. The summed E-state index contributed by atoms with van der Waals surface area (Å²) in [5.74, 6) is 0.588. The Morgan fingerprint density at radius 2 is 2.26 bits per heavy atom. The minimum absolute atomic E-state index is 0.0251. The molecule has 100 valence electrons. The van der Waals surface area contributed by atoms with Crippen LogP contribution in [0.2, 0.25) is 0 Å². The largest absolute Gasteiger partial charge is 0.384 e. The van der Waals surface area contributed by atoms with E-state index in [9.17, 15) is 10.1 Å². The van der Waals surface area contributed by atoms with Crippen molar-refractivity contribution in [3.8, 4) is 0 Å². The molecule has 0 aliphatic rings. The van der Waals surface area contributed by atoms with Crippen molar-refractivity contribution in [2.45, 2.75) is 6.42 Å². The van der Waals surface area contributed by atoms with Gasteiger partial charge in [-0.15, -0.1) is 11.3 Å². The summed E-state index contributed by atoms with van der Waals surface area (Å²) in [6, 6.07) is 6.86. The number of rotatable bonds is 5. The van der Waals surface area contributed by atoms with E-state index in [0.717, 1.165) is 6.42 Å². The van der Waals surface area contributed by atoms with E-state index in [1.807, 2.05) is 17.5 Å². The van der Waals surface area contributed by atoms with Gasteiger partial charge in [-0.05, 0) is 23.9 Å². The number of hydrogen-bond donors (Lipinski definition) is 1. The third-order valence-electron chi connectivity index (χ3n) is 2.71. The van der Waals surface area contributed by atoms with Crippen LogP contribution in [-0.4, -0.2) is 23.5 Å². The van der Waals surface area contributed by atoms with Crippen LogP contribution < -0.4 is 10.6 Å². The number of nitro groups is 1. The van der Waals surface area contributed by atoms with Gasteiger partial charge in [-0.1, -0.05) is 6.07 Å². The van der Waals surface area contributed by atoms with Crippen molar-refractivity contribution in [3.05, 3.63) is 44.6 Å². The zero-order chi connectivity index (χ0) is 13.8. The molecule has 0 bridgehead atoms. The molecule has 0 unspecified atom stereocenters. The van der Waals surface area contributed by atoms with Crippen molar-refractivity contribution in [3.63, 3.8) is 0 Å². The molecular weight excluding hydrogens is 264 g/mol. The summed E-state index contributed by atoms with van der Waals surface area (Å²) >= 11 is 1.67. The number of nitrogens with zero attached hydrogens (tertiary/aromatic N) is 3. The maximum Gasteiger partial charge on any atom is 0.311 e. The number of nitrogens with two attached hydrogens (primary N) is 1. The Morgan fingerprint density at radius 3 is 2.89 bits per heavy atom. The van der Waals surface area contributed by atoms with E-state index in [0.29, 0.717) is 12.4 Å². The van der Waals surface area contributed by atoms with Crippen molar-refractivity contribution in [2.24, 2.45) is 0 Å². The molecule has 0 radical (unpaired) electrons. The molecule has 0 aliphatic heterocycles. The highest BCUT2D eigenvalue weighted by Crippen LogP contribution is 2.26. The molecule has 2 N–H and O–H groups in total. The Balaban J connectivity index is 2.15. The number of hydrogen-bond acceptors (Lipinski definition) is 6. The number of anilines is 2. The second-order valence-electron chi connectivity index (χ2n) is 4.09. The summed E-state index contributed by atoms with van der Waals surface area (Å²) in [7, 11) is 1.78. The fraction of sp³-hybridized carbons (Fsp3) is 0.250. The number of nitrogen functional groups attached to an aromatic ring is 1. The van der Waals surface area contributed by atoms with Crippen LogP contribution in [0.1, 0.15) is 4.88 Å². The van der Waals surface area contributed by atoms with Crippen LogP contribution in [0, 0.1) is 10.1 Å². The average molecular weight is 278 g/mol. The van der Waals surface area contributed by atoms with Crippen LogP contribution >= 0.6 is 11.3 Å². The van der Waals surface area contributed by atoms with Gasteiger partial charge in [0.25, 0.3) is 0 Å². The third kappa shape index (κ3) is 3.19. The quantitative estimate of drug-likeness (QED) is 0.670. The molecular formula is C12H14N4O2S. The van der Waals surface area contributed by atoms with Crippen LogP contribution in [0.5, 0.6) is 0 Å². The van der Waals surface area contributed by atoms with E-state index < -0.39 is 4.92 Å². The lowest BCUT2D eigenvalue weighted by atomic mass is 10.3. The van der Waals surface area contributed by atoms with Gasteiger partial charge < -0.3 is 10.6 Å². The molecule has 0 amide bonds. The summed E-state index contributed by atoms with van der Waals surface area (Å²) < 4.78 is 0. The fourth-order valence-electron chi connectivity index (χ4n) is 1.72. The van der Waals surface area contributed by atoms with Gasteiger partial charge >= 0.3 is 5.69 Å². The number of aromatic nitrogens is 1. The molecule has 2 rings (SSSR count). The summed E-state index contributed by atoms with van der Waals surface area (Å²) in [5, 5.41) is 13.0. The Kier molecular flexibility index (Phi) is 3.96. The molecule has 19 heavy (non-hydrogen) atoms. The SMILES string of the molecule is CN(CCc1cccs1)c1nc(N)ccc1[N+](=O)[O-]. The molecule has 0 atom stereocenters. The van der Waals surface area contributed by atoms with Gasteiger partial charge in [-0.25, -0.2) is 4.98 Å². The lowest BCUT2D eigenvalue weighted by molar-refractivity contribution is -0.384. The summed E-state index contributed by atoms with van der Waals surface area (Å²) in [6.45, 7) is 0.651. The van der Waals surface area contributed by atoms with Crippen LogP contribution in [0.3, 0.4) is 0 Å². The molecule has 0 spiro atoms. The van der Waals surface area contributed by atoms with Crippen LogP contribution in [0.25, 0.3) is 0 Å². The second-order valence-corrected chi connectivity index (χ2v) is 5.12. The molecule has 0 saturated heterocycles. The Morgan fingerprint density at radius 1 is 1.47 bits per heavy atom. The van der Waals surface area contributed by atoms with E-state index in [1.54, 1.807) is 23.3 Å². The molecule has 2 aromatic heterocycles. The zero-order valence-corrected chi connectivity index (χ0v) is 11.3. The highest BCUT2D eigenvalue weighted by Gasteiger charge is 2.19. The van der Waals surface area contributed by atoms with Crippen molar-refractivity contribution >= 4 is 28.7 Å².